The quantitative estimate of drug-likeness (QED) is 0.354. The summed E-state index contributed by atoms with van der Waals surface area (Å²) in [7, 11) is 0. The molecule has 0 heterocycles. The molecule has 0 aliphatic heterocycles. The number of hydrogen-bond donors (Lipinski definition) is 2. The Morgan fingerprint density at radius 1 is 1.44 bits per heavy atom. The van der Waals surface area contributed by atoms with Crippen LogP contribution >= 0.6 is 0 Å². The van der Waals surface area contributed by atoms with E-state index in [-0.39, 0.29) is 5.84 Å². The van der Waals surface area contributed by atoms with Gasteiger partial charge in [0.15, 0.2) is 11.6 Å². The first-order valence-corrected chi connectivity index (χ1v) is 5.70. The minimum Gasteiger partial charge on any atom is -0.409 e. The van der Waals surface area contributed by atoms with Gasteiger partial charge in [0.2, 0.25) is 0 Å². The summed E-state index contributed by atoms with van der Waals surface area (Å²) >= 11 is 0. The van der Waals surface area contributed by atoms with E-state index >= 15 is 0 Å². The monoisotopic (exact) mass is 257 g/mol. The van der Waals surface area contributed by atoms with Gasteiger partial charge in [0.05, 0.1) is 0 Å². The second-order valence-electron chi connectivity index (χ2n) is 3.92. The Bertz CT molecular complexity index is 424. The summed E-state index contributed by atoms with van der Waals surface area (Å²) in [5.74, 6) is -1.55. The van der Waals surface area contributed by atoms with Gasteiger partial charge in [-0.1, -0.05) is 24.2 Å². The normalized spacial score (nSPS) is 12.1. The van der Waals surface area contributed by atoms with Crippen LogP contribution in [0.15, 0.2) is 23.4 Å². The van der Waals surface area contributed by atoms with E-state index in [1.807, 2.05) is 11.8 Å². The Labute approximate surface area is 105 Å². The number of hydrogen-bond acceptors (Lipinski definition) is 3. The second kappa shape index (κ2) is 6.90. The molecule has 0 bridgehead atoms. The molecule has 0 fully saturated rings. The second-order valence-corrected chi connectivity index (χ2v) is 3.92. The smallest absolute Gasteiger partial charge is 0.163 e. The molecule has 0 aliphatic rings. The van der Waals surface area contributed by atoms with Crippen molar-refractivity contribution < 1.29 is 14.0 Å². The van der Waals surface area contributed by atoms with Crippen LogP contribution in [0.1, 0.15) is 18.9 Å². The standard InChI is InChI=1S/C12H17F2N3O/c1-2-17(7-6-11(15)16-18)8-9-4-3-5-10(13)12(9)14/h3-5,18H,2,6-8H2,1H3,(H2,15,16). The molecule has 0 aromatic heterocycles. The van der Waals surface area contributed by atoms with E-state index in [1.54, 1.807) is 6.07 Å². The molecule has 0 atom stereocenters. The van der Waals surface area contributed by atoms with Crippen molar-refractivity contribution in [3.63, 3.8) is 0 Å². The molecule has 4 nitrogen and oxygen atoms in total. The van der Waals surface area contributed by atoms with Crippen molar-refractivity contribution in [3.8, 4) is 0 Å². The molecule has 6 heteroatoms. The minimum absolute atomic E-state index is 0.119. The van der Waals surface area contributed by atoms with Gasteiger partial charge in [-0.05, 0) is 12.6 Å². The summed E-state index contributed by atoms with van der Waals surface area (Å²) in [5.41, 5.74) is 5.66. The Morgan fingerprint density at radius 3 is 2.78 bits per heavy atom. The summed E-state index contributed by atoms with van der Waals surface area (Å²) in [5, 5.41) is 11.3. The van der Waals surface area contributed by atoms with E-state index < -0.39 is 11.6 Å². The Morgan fingerprint density at radius 2 is 2.17 bits per heavy atom. The molecule has 0 aliphatic carbocycles. The lowest BCUT2D eigenvalue weighted by atomic mass is 10.2. The molecule has 0 amide bonds. The number of halogens is 2. The van der Waals surface area contributed by atoms with E-state index in [1.165, 1.54) is 6.07 Å². The first-order chi connectivity index (χ1) is 8.58. The summed E-state index contributed by atoms with van der Waals surface area (Å²) < 4.78 is 26.5. The lowest BCUT2D eigenvalue weighted by Crippen LogP contribution is -2.28. The van der Waals surface area contributed by atoms with E-state index in [2.05, 4.69) is 5.16 Å². The van der Waals surface area contributed by atoms with Crippen LogP contribution in [0.25, 0.3) is 0 Å². The van der Waals surface area contributed by atoms with Gasteiger partial charge < -0.3 is 10.9 Å². The van der Waals surface area contributed by atoms with Crippen LogP contribution in [-0.4, -0.2) is 29.0 Å². The molecule has 1 aromatic carbocycles. The Hall–Kier alpha value is -1.69. The number of nitrogens with two attached hydrogens (primary N) is 1. The fraction of sp³-hybridized carbons (Fsp3) is 0.417. The van der Waals surface area contributed by atoms with Crippen molar-refractivity contribution in [1.29, 1.82) is 0 Å². The zero-order valence-electron chi connectivity index (χ0n) is 10.2. The molecule has 18 heavy (non-hydrogen) atoms. The molecule has 1 aromatic rings. The largest absolute Gasteiger partial charge is 0.409 e. The number of oxime groups is 1. The van der Waals surface area contributed by atoms with Crippen molar-refractivity contribution in [3.05, 3.63) is 35.4 Å². The van der Waals surface area contributed by atoms with Crippen LogP contribution in [0.2, 0.25) is 0 Å². The topological polar surface area (TPSA) is 61.8 Å². The zero-order valence-corrected chi connectivity index (χ0v) is 10.2. The first-order valence-electron chi connectivity index (χ1n) is 5.70. The lowest BCUT2D eigenvalue weighted by molar-refractivity contribution is 0.278. The van der Waals surface area contributed by atoms with Gasteiger partial charge >= 0.3 is 0 Å². The van der Waals surface area contributed by atoms with Gasteiger partial charge in [0.1, 0.15) is 5.84 Å². The molecule has 0 saturated carbocycles. The van der Waals surface area contributed by atoms with E-state index in [0.717, 1.165) is 6.07 Å². The van der Waals surface area contributed by atoms with Crippen LogP contribution in [0.3, 0.4) is 0 Å². The van der Waals surface area contributed by atoms with E-state index in [0.29, 0.717) is 31.6 Å². The van der Waals surface area contributed by atoms with Crippen LogP contribution < -0.4 is 5.73 Å². The van der Waals surface area contributed by atoms with Crippen LogP contribution in [0.4, 0.5) is 8.78 Å². The molecule has 0 unspecified atom stereocenters. The van der Waals surface area contributed by atoms with Gasteiger partial charge in [-0.2, -0.15) is 0 Å². The number of benzene rings is 1. The summed E-state index contributed by atoms with van der Waals surface area (Å²) in [4.78, 5) is 1.88. The first kappa shape index (κ1) is 14.4. The van der Waals surface area contributed by atoms with Crippen LogP contribution in [0.5, 0.6) is 0 Å². The maximum Gasteiger partial charge on any atom is 0.163 e. The highest BCUT2D eigenvalue weighted by Crippen LogP contribution is 2.13. The number of rotatable bonds is 6. The Balaban J connectivity index is 2.65. The van der Waals surface area contributed by atoms with E-state index in [9.17, 15) is 8.78 Å². The van der Waals surface area contributed by atoms with Crippen molar-refractivity contribution in [1.82, 2.24) is 4.90 Å². The predicted molar refractivity (Wildman–Crippen MR) is 65.3 cm³/mol. The molecule has 0 saturated heterocycles. The highest BCUT2D eigenvalue weighted by atomic mass is 19.2. The van der Waals surface area contributed by atoms with Crippen molar-refractivity contribution in [2.45, 2.75) is 19.9 Å². The third kappa shape index (κ3) is 3.96. The minimum atomic E-state index is -0.847. The van der Waals surface area contributed by atoms with Crippen LogP contribution in [-0.2, 0) is 6.54 Å². The fourth-order valence-corrected chi connectivity index (χ4v) is 1.58. The maximum atomic E-state index is 13.5. The molecule has 0 spiro atoms. The molecule has 0 radical (unpaired) electrons. The Kier molecular flexibility index (Phi) is 5.51. The number of nitrogens with zero attached hydrogens (tertiary/aromatic N) is 2. The van der Waals surface area contributed by atoms with Gasteiger partial charge in [0, 0.05) is 25.1 Å². The van der Waals surface area contributed by atoms with Crippen molar-refractivity contribution in [2.24, 2.45) is 10.9 Å². The third-order valence-electron chi connectivity index (χ3n) is 2.69. The van der Waals surface area contributed by atoms with Gasteiger partial charge in [-0.3, -0.25) is 4.90 Å². The molecule has 100 valence electrons. The van der Waals surface area contributed by atoms with Crippen LogP contribution in [0, 0.1) is 11.6 Å². The van der Waals surface area contributed by atoms with Crippen molar-refractivity contribution >= 4 is 5.84 Å². The average Bonchev–Trinajstić information content (AvgIpc) is 2.38. The molecular formula is C12H17F2N3O. The SMILES string of the molecule is CCN(CCC(N)=NO)Cc1cccc(F)c1F. The van der Waals surface area contributed by atoms with Crippen molar-refractivity contribution in [2.75, 3.05) is 13.1 Å². The lowest BCUT2D eigenvalue weighted by Gasteiger charge is -2.20. The predicted octanol–water partition coefficient (Wildman–Crippen LogP) is 1.92. The maximum absolute atomic E-state index is 13.5. The molecular weight excluding hydrogens is 240 g/mol. The highest BCUT2D eigenvalue weighted by molar-refractivity contribution is 5.79. The van der Waals surface area contributed by atoms with Gasteiger partial charge in [0.25, 0.3) is 0 Å². The number of amidine groups is 1. The molecule has 1 rings (SSSR count). The fourth-order valence-electron chi connectivity index (χ4n) is 1.58. The summed E-state index contributed by atoms with van der Waals surface area (Å²) in [6.07, 6.45) is 0.376. The van der Waals surface area contributed by atoms with Gasteiger partial charge in [-0.25, -0.2) is 8.78 Å². The third-order valence-corrected chi connectivity index (χ3v) is 2.69. The highest BCUT2D eigenvalue weighted by Gasteiger charge is 2.11. The summed E-state index contributed by atoms with van der Waals surface area (Å²) in [6.45, 7) is 3.37. The summed E-state index contributed by atoms with van der Waals surface area (Å²) in [6, 6.07) is 4.11. The average molecular weight is 257 g/mol. The van der Waals surface area contributed by atoms with Gasteiger partial charge in [-0.15, -0.1) is 0 Å². The zero-order chi connectivity index (χ0) is 13.5. The molecule has 3 N–H and O–H groups in total. The van der Waals surface area contributed by atoms with E-state index in [4.69, 9.17) is 10.9 Å².